The molecule has 2 amide bonds. The van der Waals surface area contributed by atoms with Crippen LogP contribution >= 0.6 is 11.6 Å². The fourth-order valence-electron chi connectivity index (χ4n) is 2.66. The van der Waals surface area contributed by atoms with E-state index in [4.69, 9.17) is 16.3 Å². The van der Waals surface area contributed by atoms with Gasteiger partial charge in [-0.3, -0.25) is 9.59 Å². The van der Waals surface area contributed by atoms with Crippen molar-refractivity contribution in [2.45, 2.75) is 6.42 Å². The molecule has 7 nitrogen and oxygen atoms in total. The molecular formula is C24H20ClN3O4. The summed E-state index contributed by atoms with van der Waals surface area (Å²) >= 11 is 6.01. The van der Waals surface area contributed by atoms with Crippen LogP contribution < -0.4 is 15.5 Å². The summed E-state index contributed by atoms with van der Waals surface area (Å²) in [7, 11) is 0. The van der Waals surface area contributed by atoms with E-state index in [9.17, 15) is 14.4 Å². The molecule has 0 aromatic heterocycles. The van der Waals surface area contributed by atoms with E-state index in [0.717, 1.165) is 0 Å². The number of hydrogen-bond donors (Lipinski definition) is 2. The third-order valence-electron chi connectivity index (χ3n) is 4.24. The highest BCUT2D eigenvalue weighted by molar-refractivity contribution is 6.33. The molecule has 3 rings (SSSR count). The first-order chi connectivity index (χ1) is 15.5. The largest absolute Gasteiger partial charge is 0.423 e. The Morgan fingerprint density at radius 3 is 2.47 bits per heavy atom. The molecule has 0 aliphatic rings. The van der Waals surface area contributed by atoms with Crippen molar-refractivity contribution in [1.29, 1.82) is 0 Å². The number of halogens is 1. The molecule has 3 aromatic rings. The molecular weight excluding hydrogens is 430 g/mol. The number of nitrogens with one attached hydrogen (secondary N) is 2. The molecule has 0 aliphatic heterocycles. The van der Waals surface area contributed by atoms with Gasteiger partial charge in [-0.2, -0.15) is 5.10 Å². The van der Waals surface area contributed by atoms with Crippen LogP contribution in [0.4, 0.5) is 0 Å². The highest BCUT2D eigenvalue weighted by Crippen LogP contribution is 2.19. The maximum Gasteiger partial charge on any atom is 0.345 e. The summed E-state index contributed by atoms with van der Waals surface area (Å²) in [6.45, 7) is 0.183. The zero-order valence-electron chi connectivity index (χ0n) is 17.0. The van der Waals surface area contributed by atoms with Gasteiger partial charge >= 0.3 is 5.97 Å². The third-order valence-corrected chi connectivity index (χ3v) is 4.57. The van der Waals surface area contributed by atoms with Gasteiger partial charge in [-0.1, -0.05) is 54.1 Å². The fourth-order valence-corrected chi connectivity index (χ4v) is 2.88. The number of carbonyl (C=O) groups excluding carboxylic acids is 3. The summed E-state index contributed by atoms with van der Waals surface area (Å²) < 4.78 is 5.35. The van der Waals surface area contributed by atoms with Gasteiger partial charge < -0.3 is 10.1 Å². The predicted octanol–water partition coefficient (Wildman–Crippen LogP) is 3.83. The van der Waals surface area contributed by atoms with Gasteiger partial charge in [0.05, 0.1) is 16.8 Å². The molecule has 0 fully saturated rings. The summed E-state index contributed by atoms with van der Waals surface area (Å²) in [4.78, 5) is 36.1. The molecule has 0 saturated carbocycles. The van der Waals surface area contributed by atoms with Crippen LogP contribution in [0.25, 0.3) is 0 Å². The number of ether oxygens (including phenoxy) is 1. The molecule has 0 radical (unpaired) electrons. The molecule has 0 atom stereocenters. The van der Waals surface area contributed by atoms with E-state index in [0.29, 0.717) is 21.9 Å². The summed E-state index contributed by atoms with van der Waals surface area (Å²) in [6, 6.07) is 22.0. The van der Waals surface area contributed by atoms with Crippen LogP contribution in [0, 0.1) is 0 Å². The minimum Gasteiger partial charge on any atom is -0.423 e. The van der Waals surface area contributed by atoms with Crippen molar-refractivity contribution in [3.8, 4) is 5.75 Å². The van der Waals surface area contributed by atoms with Gasteiger partial charge in [0.15, 0.2) is 0 Å². The van der Waals surface area contributed by atoms with Crippen molar-refractivity contribution in [3.05, 3.63) is 101 Å². The van der Waals surface area contributed by atoms with E-state index < -0.39 is 5.97 Å². The highest BCUT2D eigenvalue weighted by Gasteiger charge is 2.12. The lowest BCUT2D eigenvalue weighted by Gasteiger charge is -2.06. The molecule has 0 bridgehead atoms. The summed E-state index contributed by atoms with van der Waals surface area (Å²) in [5.41, 5.74) is 3.80. The first-order valence-electron chi connectivity index (χ1n) is 9.75. The number of rotatable bonds is 8. The van der Waals surface area contributed by atoms with Gasteiger partial charge in [0.25, 0.3) is 5.91 Å². The van der Waals surface area contributed by atoms with E-state index in [1.165, 1.54) is 6.21 Å². The number of hydrogen-bond acceptors (Lipinski definition) is 5. The van der Waals surface area contributed by atoms with Gasteiger partial charge in [-0.05, 0) is 42.0 Å². The smallest absolute Gasteiger partial charge is 0.345 e. The van der Waals surface area contributed by atoms with Crippen LogP contribution in [0.5, 0.6) is 5.75 Å². The third kappa shape index (κ3) is 6.78. The summed E-state index contributed by atoms with van der Waals surface area (Å²) in [5, 5.41) is 6.87. The lowest BCUT2D eigenvalue weighted by atomic mass is 10.2. The lowest BCUT2D eigenvalue weighted by molar-refractivity contribution is -0.120. The van der Waals surface area contributed by atoms with Gasteiger partial charge in [0.1, 0.15) is 5.75 Å². The zero-order chi connectivity index (χ0) is 22.8. The van der Waals surface area contributed by atoms with Crippen LogP contribution in [-0.2, 0) is 4.79 Å². The van der Waals surface area contributed by atoms with Crippen LogP contribution in [-0.4, -0.2) is 30.5 Å². The number of carbonyl (C=O) groups is 3. The Bertz CT molecular complexity index is 1130. The molecule has 2 N–H and O–H groups in total. The van der Waals surface area contributed by atoms with Crippen LogP contribution in [0.2, 0.25) is 5.02 Å². The zero-order valence-corrected chi connectivity index (χ0v) is 17.7. The van der Waals surface area contributed by atoms with Crippen LogP contribution in [0.1, 0.15) is 32.7 Å². The van der Waals surface area contributed by atoms with E-state index in [1.54, 1.807) is 72.8 Å². The Labute approximate surface area is 190 Å². The Balaban J connectivity index is 1.46. The summed E-state index contributed by atoms with van der Waals surface area (Å²) in [5.74, 6) is -0.856. The number of hydrazone groups is 1. The molecule has 0 heterocycles. The van der Waals surface area contributed by atoms with Crippen molar-refractivity contribution in [2.24, 2.45) is 5.10 Å². The molecule has 0 spiro atoms. The molecule has 32 heavy (non-hydrogen) atoms. The van der Waals surface area contributed by atoms with Gasteiger partial charge in [0, 0.05) is 18.5 Å². The van der Waals surface area contributed by atoms with Gasteiger partial charge in [0.2, 0.25) is 5.91 Å². The predicted molar refractivity (Wildman–Crippen MR) is 122 cm³/mol. The monoisotopic (exact) mass is 449 g/mol. The van der Waals surface area contributed by atoms with Crippen molar-refractivity contribution < 1.29 is 19.1 Å². The van der Waals surface area contributed by atoms with Crippen molar-refractivity contribution in [2.75, 3.05) is 6.54 Å². The van der Waals surface area contributed by atoms with Crippen molar-refractivity contribution in [3.63, 3.8) is 0 Å². The fraction of sp³-hybridized carbons (Fsp3) is 0.0833. The number of nitrogens with zero attached hydrogens (tertiary/aromatic N) is 1. The Hall–Kier alpha value is -3.97. The molecule has 8 heteroatoms. The second-order valence-electron chi connectivity index (χ2n) is 6.61. The molecule has 3 aromatic carbocycles. The molecule has 0 saturated heterocycles. The normalized spacial score (nSPS) is 10.5. The standard InChI is InChI=1S/C24H20ClN3O4/c25-21-12-5-4-11-20(21)24(31)32-19-10-6-7-17(15-19)16-27-28-22(29)13-14-26-23(30)18-8-2-1-3-9-18/h1-12,15-16H,13-14H2,(H,26,30)(H,28,29). The average Bonchev–Trinajstić information content (AvgIpc) is 2.80. The quantitative estimate of drug-likeness (QED) is 0.236. The van der Waals surface area contributed by atoms with Crippen LogP contribution in [0.3, 0.4) is 0 Å². The molecule has 0 unspecified atom stereocenters. The first kappa shape index (κ1) is 22.7. The van der Waals surface area contributed by atoms with E-state index >= 15 is 0 Å². The SMILES string of the molecule is O=C(CCNC(=O)c1ccccc1)NN=Cc1cccc(OC(=O)c2ccccc2Cl)c1. The lowest BCUT2D eigenvalue weighted by Crippen LogP contribution is -2.28. The average molecular weight is 450 g/mol. The second kappa shape index (κ2) is 11.4. The van der Waals surface area contributed by atoms with E-state index in [-0.39, 0.29) is 30.3 Å². The minimum atomic E-state index is -0.574. The van der Waals surface area contributed by atoms with Gasteiger partial charge in [-0.25, -0.2) is 10.2 Å². The van der Waals surface area contributed by atoms with Crippen molar-refractivity contribution >= 4 is 35.6 Å². The minimum absolute atomic E-state index is 0.0748. The number of esters is 1. The highest BCUT2D eigenvalue weighted by atomic mass is 35.5. The topological polar surface area (TPSA) is 96.9 Å². The maximum absolute atomic E-state index is 12.3. The Kier molecular flexibility index (Phi) is 8.11. The van der Waals surface area contributed by atoms with Crippen molar-refractivity contribution in [1.82, 2.24) is 10.7 Å². The van der Waals surface area contributed by atoms with Crippen LogP contribution in [0.15, 0.2) is 84.0 Å². The summed E-state index contributed by atoms with van der Waals surface area (Å²) in [6.07, 6.45) is 1.50. The number of amides is 2. The van der Waals surface area contributed by atoms with E-state index in [1.807, 2.05) is 6.07 Å². The maximum atomic E-state index is 12.3. The van der Waals surface area contributed by atoms with Gasteiger partial charge in [-0.15, -0.1) is 0 Å². The molecule has 162 valence electrons. The first-order valence-corrected chi connectivity index (χ1v) is 10.1. The van der Waals surface area contributed by atoms with E-state index in [2.05, 4.69) is 15.8 Å². The Morgan fingerprint density at radius 2 is 1.69 bits per heavy atom. The second-order valence-corrected chi connectivity index (χ2v) is 7.01. The number of benzene rings is 3. The molecule has 0 aliphatic carbocycles. The Morgan fingerprint density at radius 1 is 0.938 bits per heavy atom.